The van der Waals surface area contributed by atoms with Crippen LogP contribution in [0.2, 0.25) is 0 Å². The van der Waals surface area contributed by atoms with E-state index in [0.717, 1.165) is 13.0 Å². The highest BCUT2D eigenvalue weighted by atomic mass is 16.6. The average Bonchev–Trinajstić information content (AvgIpc) is 1.99. The molecule has 11 heavy (non-hydrogen) atoms. The van der Waals surface area contributed by atoms with Crippen molar-refractivity contribution >= 4 is 0 Å². The van der Waals surface area contributed by atoms with Gasteiger partial charge in [-0.25, -0.2) is 5.48 Å². The Bertz CT molecular complexity index is 138. The van der Waals surface area contributed by atoms with Crippen LogP contribution in [0.4, 0.5) is 0 Å². The molecule has 1 N–H and O–H groups in total. The zero-order chi connectivity index (χ0) is 8.74. The van der Waals surface area contributed by atoms with Crippen molar-refractivity contribution in [1.82, 2.24) is 5.48 Å². The van der Waals surface area contributed by atoms with Crippen LogP contribution in [-0.4, -0.2) is 13.2 Å². The van der Waals surface area contributed by atoms with Crippen molar-refractivity contribution in [2.24, 2.45) is 5.41 Å². The molecule has 0 saturated carbocycles. The molecule has 3 heteroatoms. The van der Waals surface area contributed by atoms with Gasteiger partial charge in [0, 0.05) is 6.54 Å². The molecule has 0 aliphatic heterocycles. The van der Waals surface area contributed by atoms with E-state index in [1.165, 1.54) is 0 Å². The predicted molar refractivity (Wildman–Crippen MR) is 43.6 cm³/mol. The van der Waals surface area contributed by atoms with Gasteiger partial charge in [0.1, 0.15) is 0 Å². The summed E-state index contributed by atoms with van der Waals surface area (Å²) >= 11 is 0. The molecule has 0 radical (unpaired) electrons. The van der Waals surface area contributed by atoms with Gasteiger partial charge in [0.2, 0.25) is 0 Å². The SMILES string of the molecule is CCONCCC(C)(C)C#N. The minimum atomic E-state index is -0.246. The first-order chi connectivity index (χ1) is 5.12. The minimum Gasteiger partial charge on any atom is -0.302 e. The lowest BCUT2D eigenvalue weighted by atomic mass is 9.92. The fourth-order valence-corrected chi connectivity index (χ4v) is 0.594. The van der Waals surface area contributed by atoms with Crippen molar-refractivity contribution in [3.8, 4) is 6.07 Å². The highest BCUT2D eigenvalue weighted by Gasteiger charge is 2.15. The molecule has 0 unspecified atom stereocenters. The zero-order valence-corrected chi connectivity index (χ0v) is 7.48. The van der Waals surface area contributed by atoms with Crippen LogP contribution >= 0.6 is 0 Å². The Morgan fingerprint density at radius 3 is 2.64 bits per heavy atom. The topological polar surface area (TPSA) is 45.0 Å². The van der Waals surface area contributed by atoms with Crippen LogP contribution in [0.5, 0.6) is 0 Å². The molecule has 0 aromatic carbocycles. The Balaban J connectivity index is 3.32. The Morgan fingerprint density at radius 1 is 1.55 bits per heavy atom. The predicted octanol–water partition coefficient (Wildman–Crippen LogP) is 1.47. The first-order valence-corrected chi connectivity index (χ1v) is 3.88. The molecule has 0 saturated heterocycles. The molecular formula is C8H16N2O. The van der Waals surface area contributed by atoms with E-state index >= 15 is 0 Å². The van der Waals surface area contributed by atoms with E-state index in [9.17, 15) is 0 Å². The third-order valence-electron chi connectivity index (χ3n) is 1.40. The summed E-state index contributed by atoms with van der Waals surface area (Å²) < 4.78 is 0. The summed E-state index contributed by atoms with van der Waals surface area (Å²) in [5.74, 6) is 0. The van der Waals surface area contributed by atoms with E-state index in [1.54, 1.807) is 0 Å². The fourth-order valence-electron chi connectivity index (χ4n) is 0.594. The lowest BCUT2D eigenvalue weighted by Crippen LogP contribution is -2.21. The third-order valence-corrected chi connectivity index (χ3v) is 1.40. The lowest BCUT2D eigenvalue weighted by molar-refractivity contribution is 0.0464. The van der Waals surface area contributed by atoms with Crippen LogP contribution in [0, 0.1) is 16.7 Å². The van der Waals surface area contributed by atoms with Crippen molar-refractivity contribution in [3.63, 3.8) is 0 Å². The van der Waals surface area contributed by atoms with Crippen LogP contribution in [0.3, 0.4) is 0 Å². The van der Waals surface area contributed by atoms with E-state index in [1.807, 2.05) is 20.8 Å². The Kier molecular flexibility index (Phi) is 4.84. The quantitative estimate of drug-likeness (QED) is 0.484. The first kappa shape index (κ1) is 10.4. The average molecular weight is 156 g/mol. The maximum atomic E-state index is 8.63. The normalized spacial score (nSPS) is 11.1. The van der Waals surface area contributed by atoms with Crippen molar-refractivity contribution in [3.05, 3.63) is 0 Å². The molecule has 64 valence electrons. The van der Waals surface area contributed by atoms with Crippen molar-refractivity contribution in [1.29, 1.82) is 5.26 Å². The molecule has 0 aromatic rings. The lowest BCUT2D eigenvalue weighted by Gasteiger charge is -2.14. The minimum absolute atomic E-state index is 0.246. The van der Waals surface area contributed by atoms with Crippen molar-refractivity contribution < 1.29 is 4.84 Å². The first-order valence-electron chi connectivity index (χ1n) is 3.88. The van der Waals surface area contributed by atoms with Gasteiger partial charge in [-0.2, -0.15) is 5.26 Å². The van der Waals surface area contributed by atoms with E-state index in [4.69, 9.17) is 10.1 Å². The second-order valence-corrected chi connectivity index (χ2v) is 3.07. The summed E-state index contributed by atoms with van der Waals surface area (Å²) in [6.45, 7) is 7.14. The van der Waals surface area contributed by atoms with E-state index in [2.05, 4.69) is 11.5 Å². The molecule has 0 rings (SSSR count). The number of nitriles is 1. The Labute approximate surface area is 68.3 Å². The highest BCUT2D eigenvalue weighted by molar-refractivity contribution is 4.91. The molecule has 3 nitrogen and oxygen atoms in total. The summed E-state index contributed by atoms with van der Waals surface area (Å²) in [5.41, 5.74) is 2.53. The van der Waals surface area contributed by atoms with Gasteiger partial charge in [-0.05, 0) is 27.2 Å². The zero-order valence-electron chi connectivity index (χ0n) is 7.48. The number of nitrogens with zero attached hydrogens (tertiary/aromatic N) is 1. The summed E-state index contributed by atoms with van der Waals surface area (Å²) in [7, 11) is 0. The van der Waals surface area contributed by atoms with E-state index in [-0.39, 0.29) is 5.41 Å². The van der Waals surface area contributed by atoms with E-state index in [0.29, 0.717) is 6.61 Å². The molecule has 0 fully saturated rings. The second kappa shape index (κ2) is 5.11. The Hall–Kier alpha value is -0.590. The molecule has 0 atom stereocenters. The molecule has 0 aliphatic carbocycles. The summed E-state index contributed by atoms with van der Waals surface area (Å²) in [6, 6.07) is 2.22. The molecular weight excluding hydrogens is 140 g/mol. The third kappa shape index (κ3) is 5.84. The molecule has 0 aliphatic rings. The van der Waals surface area contributed by atoms with Gasteiger partial charge in [-0.3, -0.25) is 0 Å². The second-order valence-electron chi connectivity index (χ2n) is 3.07. The largest absolute Gasteiger partial charge is 0.302 e. The van der Waals surface area contributed by atoms with Crippen molar-refractivity contribution in [2.45, 2.75) is 27.2 Å². The number of hydrogen-bond acceptors (Lipinski definition) is 3. The number of hydroxylamine groups is 1. The van der Waals surface area contributed by atoms with Gasteiger partial charge >= 0.3 is 0 Å². The number of rotatable bonds is 5. The van der Waals surface area contributed by atoms with Crippen LogP contribution in [0.15, 0.2) is 0 Å². The van der Waals surface area contributed by atoms with Crippen molar-refractivity contribution in [2.75, 3.05) is 13.2 Å². The van der Waals surface area contributed by atoms with Crippen LogP contribution in [0.1, 0.15) is 27.2 Å². The maximum absolute atomic E-state index is 8.63. The monoisotopic (exact) mass is 156 g/mol. The summed E-state index contributed by atoms with van der Waals surface area (Å²) in [4.78, 5) is 4.91. The Morgan fingerprint density at radius 2 is 2.18 bits per heavy atom. The van der Waals surface area contributed by atoms with Crippen LogP contribution < -0.4 is 5.48 Å². The maximum Gasteiger partial charge on any atom is 0.0684 e. The molecule has 0 spiro atoms. The standard InChI is InChI=1S/C8H16N2O/c1-4-11-10-6-5-8(2,3)7-9/h10H,4-6H2,1-3H3. The highest BCUT2D eigenvalue weighted by Crippen LogP contribution is 2.16. The van der Waals surface area contributed by atoms with Gasteiger partial charge in [0.25, 0.3) is 0 Å². The number of hydrogen-bond donors (Lipinski definition) is 1. The summed E-state index contributed by atoms with van der Waals surface area (Å²) in [5, 5.41) is 8.63. The van der Waals surface area contributed by atoms with Gasteiger partial charge in [-0.1, -0.05) is 0 Å². The molecule has 0 heterocycles. The fraction of sp³-hybridized carbons (Fsp3) is 0.875. The van der Waals surface area contributed by atoms with Gasteiger partial charge < -0.3 is 4.84 Å². The van der Waals surface area contributed by atoms with Crippen LogP contribution in [0.25, 0.3) is 0 Å². The van der Waals surface area contributed by atoms with Gasteiger partial charge in [-0.15, -0.1) is 0 Å². The van der Waals surface area contributed by atoms with Gasteiger partial charge in [0.05, 0.1) is 18.1 Å². The van der Waals surface area contributed by atoms with Crippen LogP contribution in [-0.2, 0) is 4.84 Å². The molecule has 0 amide bonds. The summed E-state index contributed by atoms with van der Waals surface area (Å²) in [6.07, 6.45) is 0.809. The molecule has 0 aromatic heterocycles. The van der Waals surface area contributed by atoms with E-state index < -0.39 is 0 Å². The van der Waals surface area contributed by atoms with Gasteiger partial charge in [0.15, 0.2) is 0 Å². The smallest absolute Gasteiger partial charge is 0.0684 e. The molecule has 0 bridgehead atoms. The number of nitrogens with one attached hydrogen (secondary N) is 1.